The summed E-state index contributed by atoms with van der Waals surface area (Å²) in [5.74, 6) is 1.45. The van der Waals surface area contributed by atoms with E-state index in [-0.39, 0.29) is 12.0 Å². The molecule has 0 spiro atoms. The number of nitrogen functional groups attached to an aromatic ring is 1. The predicted octanol–water partition coefficient (Wildman–Crippen LogP) is 2.51. The van der Waals surface area contributed by atoms with Crippen LogP contribution in [0.3, 0.4) is 0 Å². The largest absolute Gasteiger partial charge is 0.399 e. The first-order valence-electron chi connectivity index (χ1n) is 6.91. The van der Waals surface area contributed by atoms with Gasteiger partial charge in [-0.3, -0.25) is 0 Å². The van der Waals surface area contributed by atoms with Crippen molar-refractivity contribution in [3.8, 4) is 0 Å². The lowest BCUT2D eigenvalue weighted by Crippen LogP contribution is -2.18. The van der Waals surface area contributed by atoms with Gasteiger partial charge in [-0.25, -0.2) is 4.98 Å². The van der Waals surface area contributed by atoms with E-state index in [1.165, 1.54) is 0 Å². The zero-order valence-corrected chi connectivity index (χ0v) is 11.6. The minimum Gasteiger partial charge on any atom is -0.399 e. The maximum absolute atomic E-state index is 9.55. The molecule has 1 aliphatic rings. The van der Waals surface area contributed by atoms with Crippen molar-refractivity contribution < 1.29 is 5.11 Å². The Bertz CT molecular complexity index is 611. The summed E-state index contributed by atoms with van der Waals surface area (Å²) in [7, 11) is 0. The highest BCUT2D eigenvalue weighted by Gasteiger charge is 2.43. The van der Waals surface area contributed by atoms with E-state index in [4.69, 9.17) is 10.7 Å². The Hall–Kier alpha value is -1.55. The van der Waals surface area contributed by atoms with Gasteiger partial charge >= 0.3 is 0 Å². The first kappa shape index (κ1) is 12.5. The van der Waals surface area contributed by atoms with Gasteiger partial charge in [0.25, 0.3) is 0 Å². The fraction of sp³-hybridized carbons (Fsp3) is 0.533. The summed E-state index contributed by atoms with van der Waals surface area (Å²) in [4.78, 5) is 4.72. The molecular weight excluding hydrogens is 238 g/mol. The summed E-state index contributed by atoms with van der Waals surface area (Å²) in [6.45, 7) is 5.43. The Balaban J connectivity index is 2.11. The lowest BCUT2D eigenvalue weighted by molar-refractivity contribution is 0.194. The van der Waals surface area contributed by atoms with E-state index in [9.17, 15) is 5.11 Å². The number of fused-ring (bicyclic) bond motifs is 1. The van der Waals surface area contributed by atoms with E-state index < -0.39 is 0 Å². The van der Waals surface area contributed by atoms with Crippen molar-refractivity contribution in [2.75, 3.05) is 12.3 Å². The van der Waals surface area contributed by atoms with E-state index >= 15 is 0 Å². The van der Waals surface area contributed by atoms with Gasteiger partial charge < -0.3 is 15.4 Å². The van der Waals surface area contributed by atoms with Gasteiger partial charge in [-0.2, -0.15) is 0 Å². The third-order valence-electron chi connectivity index (χ3n) is 4.10. The average Bonchev–Trinajstić information content (AvgIpc) is 3.06. The summed E-state index contributed by atoms with van der Waals surface area (Å²) >= 11 is 0. The van der Waals surface area contributed by atoms with Crippen LogP contribution in [0.4, 0.5) is 5.69 Å². The van der Waals surface area contributed by atoms with E-state index in [1.807, 2.05) is 18.2 Å². The molecule has 1 fully saturated rings. The molecule has 1 aromatic carbocycles. The van der Waals surface area contributed by atoms with Gasteiger partial charge in [0, 0.05) is 23.6 Å². The maximum Gasteiger partial charge on any atom is 0.112 e. The van der Waals surface area contributed by atoms with Crippen LogP contribution in [-0.2, 0) is 6.54 Å². The Morgan fingerprint density at radius 3 is 2.74 bits per heavy atom. The molecule has 102 valence electrons. The molecule has 1 heterocycles. The first-order valence-corrected chi connectivity index (χ1v) is 6.91. The van der Waals surface area contributed by atoms with Crippen molar-refractivity contribution in [3.05, 3.63) is 24.0 Å². The minimum atomic E-state index is 0.0820. The number of benzene rings is 1. The van der Waals surface area contributed by atoms with Crippen molar-refractivity contribution in [2.24, 2.45) is 5.41 Å². The van der Waals surface area contributed by atoms with E-state index in [1.54, 1.807) is 0 Å². The number of nitrogens with two attached hydrogens (primary N) is 1. The molecular formula is C15H21N3O. The number of imidazole rings is 1. The van der Waals surface area contributed by atoms with Gasteiger partial charge in [0.05, 0.1) is 17.6 Å². The Kier molecular flexibility index (Phi) is 2.78. The van der Waals surface area contributed by atoms with E-state index in [0.717, 1.165) is 41.9 Å². The molecule has 1 aliphatic carbocycles. The van der Waals surface area contributed by atoms with Crippen LogP contribution in [-0.4, -0.2) is 21.3 Å². The van der Waals surface area contributed by atoms with Crippen LogP contribution >= 0.6 is 0 Å². The number of hydrogen-bond donors (Lipinski definition) is 2. The molecule has 0 bridgehead atoms. The Morgan fingerprint density at radius 2 is 2.16 bits per heavy atom. The fourth-order valence-corrected chi connectivity index (χ4v) is 2.65. The zero-order chi connectivity index (χ0) is 13.6. The molecule has 0 amide bonds. The highest BCUT2D eigenvalue weighted by atomic mass is 16.3. The van der Waals surface area contributed by atoms with Crippen molar-refractivity contribution in [3.63, 3.8) is 0 Å². The van der Waals surface area contributed by atoms with Crippen LogP contribution in [0.2, 0.25) is 0 Å². The van der Waals surface area contributed by atoms with Gasteiger partial charge in [0.15, 0.2) is 0 Å². The van der Waals surface area contributed by atoms with Gasteiger partial charge in [0.2, 0.25) is 0 Å². The molecule has 0 saturated heterocycles. The minimum absolute atomic E-state index is 0.0820. The molecule has 4 nitrogen and oxygen atoms in total. The molecule has 1 aromatic heterocycles. The quantitative estimate of drug-likeness (QED) is 0.829. The third kappa shape index (κ3) is 2.10. The van der Waals surface area contributed by atoms with Gasteiger partial charge in [0.1, 0.15) is 5.82 Å². The van der Waals surface area contributed by atoms with Crippen LogP contribution in [0.25, 0.3) is 11.0 Å². The number of aromatic nitrogens is 2. The molecule has 2 aromatic rings. The molecule has 0 aliphatic heterocycles. The van der Waals surface area contributed by atoms with Crippen LogP contribution < -0.4 is 5.73 Å². The molecule has 4 heteroatoms. The van der Waals surface area contributed by atoms with Crippen LogP contribution in [0.5, 0.6) is 0 Å². The molecule has 0 unspecified atom stereocenters. The number of nitrogens with zero attached hydrogens (tertiary/aromatic N) is 2. The first-order chi connectivity index (χ1) is 9.04. The molecule has 0 atom stereocenters. The van der Waals surface area contributed by atoms with E-state index in [2.05, 4.69) is 18.4 Å². The summed E-state index contributed by atoms with van der Waals surface area (Å²) in [5, 5.41) is 9.55. The van der Waals surface area contributed by atoms with Crippen molar-refractivity contribution >= 4 is 16.7 Å². The lowest BCUT2D eigenvalue weighted by atomic mass is 10.1. The summed E-state index contributed by atoms with van der Waals surface area (Å²) in [6, 6.07) is 5.89. The van der Waals surface area contributed by atoms with Crippen LogP contribution in [0, 0.1) is 5.41 Å². The van der Waals surface area contributed by atoms with E-state index in [0.29, 0.717) is 5.92 Å². The molecule has 19 heavy (non-hydrogen) atoms. The molecule has 1 saturated carbocycles. The number of aliphatic hydroxyl groups is 1. The molecule has 3 rings (SSSR count). The predicted molar refractivity (Wildman–Crippen MR) is 77.0 cm³/mol. The monoisotopic (exact) mass is 259 g/mol. The second-order valence-electron chi connectivity index (χ2n) is 6.12. The average molecular weight is 259 g/mol. The summed E-state index contributed by atoms with van der Waals surface area (Å²) < 4.78 is 2.27. The molecule has 0 radical (unpaired) electrons. The topological polar surface area (TPSA) is 64.1 Å². The van der Waals surface area contributed by atoms with Gasteiger partial charge in [-0.05, 0) is 31.0 Å². The number of rotatable bonds is 4. The summed E-state index contributed by atoms with van der Waals surface area (Å²) in [5.41, 5.74) is 8.74. The highest BCUT2D eigenvalue weighted by molar-refractivity contribution is 5.79. The standard InChI is InChI=1S/C15H21N3O/c1-10(2)14-17-12-7-11(16)3-4-13(12)18(14)8-15(9-19)5-6-15/h3-4,7,10,19H,5-6,8-9,16H2,1-2H3. The molecule has 3 N–H and O–H groups in total. The van der Waals surface area contributed by atoms with Crippen LogP contribution in [0.1, 0.15) is 38.4 Å². The number of hydrogen-bond acceptors (Lipinski definition) is 3. The zero-order valence-electron chi connectivity index (χ0n) is 11.6. The van der Waals surface area contributed by atoms with Crippen molar-refractivity contribution in [1.29, 1.82) is 0 Å². The number of anilines is 1. The van der Waals surface area contributed by atoms with Gasteiger partial charge in [-0.1, -0.05) is 13.8 Å². The SMILES string of the molecule is CC(C)c1nc2cc(N)ccc2n1CC1(CO)CC1. The maximum atomic E-state index is 9.55. The third-order valence-corrected chi connectivity index (χ3v) is 4.10. The second kappa shape index (κ2) is 4.23. The lowest BCUT2D eigenvalue weighted by Gasteiger charge is -2.17. The highest BCUT2D eigenvalue weighted by Crippen LogP contribution is 2.47. The Labute approximate surface area is 113 Å². The smallest absolute Gasteiger partial charge is 0.112 e. The fourth-order valence-electron chi connectivity index (χ4n) is 2.65. The summed E-state index contributed by atoms with van der Waals surface area (Å²) in [6.07, 6.45) is 2.21. The van der Waals surface area contributed by atoms with Crippen molar-refractivity contribution in [1.82, 2.24) is 9.55 Å². The van der Waals surface area contributed by atoms with Crippen molar-refractivity contribution in [2.45, 2.75) is 39.2 Å². The number of aliphatic hydroxyl groups excluding tert-OH is 1. The Morgan fingerprint density at radius 1 is 1.42 bits per heavy atom. The van der Waals surface area contributed by atoms with Crippen LogP contribution in [0.15, 0.2) is 18.2 Å². The second-order valence-corrected chi connectivity index (χ2v) is 6.12. The van der Waals surface area contributed by atoms with Gasteiger partial charge in [-0.15, -0.1) is 0 Å². The normalized spacial score (nSPS) is 17.3.